The SMILES string of the molecule is CCC/C=C\C(=C/c1ccsc1C)C(=O)c1c2c(n(CCN3CCOCC3)c1C)CCCC2. The minimum Gasteiger partial charge on any atom is -0.379 e. The number of thiophene rings is 1. The van der Waals surface area contributed by atoms with Crippen LogP contribution in [0.5, 0.6) is 0 Å². The molecule has 2 aromatic rings. The first kappa shape index (κ1) is 24.2. The topological polar surface area (TPSA) is 34.5 Å². The van der Waals surface area contributed by atoms with E-state index in [4.69, 9.17) is 4.74 Å². The predicted molar refractivity (Wildman–Crippen MR) is 138 cm³/mol. The zero-order valence-corrected chi connectivity index (χ0v) is 21.3. The lowest BCUT2D eigenvalue weighted by Gasteiger charge is -2.27. The summed E-state index contributed by atoms with van der Waals surface area (Å²) >= 11 is 1.73. The highest BCUT2D eigenvalue weighted by atomic mass is 32.1. The molecule has 1 fully saturated rings. The molecule has 1 aliphatic heterocycles. The zero-order valence-electron chi connectivity index (χ0n) is 20.5. The van der Waals surface area contributed by atoms with Gasteiger partial charge in [-0.2, -0.15) is 0 Å². The van der Waals surface area contributed by atoms with Crippen molar-refractivity contribution < 1.29 is 9.53 Å². The van der Waals surface area contributed by atoms with Crippen LogP contribution in [0, 0.1) is 13.8 Å². The summed E-state index contributed by atoms with van der Waals surface area (Å²) in [4.78, 5) is 17.8. The monoisotopic (exact) mass is 466 g/mol. The van der Waals surface area contributed by atoms with Crippen molar-refractivity contribution in [3.63, 3.8) is 0 Å². The Morgan fingerprint density at radius 1 is 1.15 bits per heavy atom. The van der Waals surface area contributed by atoms with Gasteiger partial charge in [0.15, 0.2) is 5.78 Å². The lowest BCUT2D eigenvalue weighted by Crippen LogP contribution is -2.38. The van der Waals surface area contributed by atoms with Crippen molar-refractivity contribution in [2.24, 2.45) is 0 Å². The minimum absolute atomic E-state index is 0.189. The Balaban J connectivity index is 1.68. The highest BCUT2D eigenvalue weighted by molar-refractivity contribution is 7.10. The molecule has 5 heteroatoms. The zero-order chi connectivity index (χ0) is 23.2. The maximum Gasteiger partial charge on any atom is 0.195 e. The lowest BCUT2D eigenvalue weighted by atomic mass is 9.90. The Labute approximate surface area is 202 Å². The van der Waals surface area contributed by atoms with Gasteiger partial charge in [-0.3, -0.25) is 9.69 Å². The molecule has 0 saturated carbocycles. The summed E-state index contributed by atoms with van der Waals surface area (Å²) in [6.45, 7) is 12.1. The molecule has 0 aromatic carbocycles. The number of aryl methyl sites for hydroxylation is 1. The highest BCUT2D eigenvalue weighted by Gasteiger charge is 2.28. The summed E-state index contributed by atoms with van der Waals surface area (Å²) < 4.78 is 7.97. The molecule has 0 amide bonds. The Bertz CT molecular complexity index is 1020. The standard InChI is InChI=1S/C28H38N2O2S/c1-4-5-6-9-24(20-23-12-19-33-22(23)3)28(31)27-21(2)30(26-11-8-7-10-25(26)27)14-13-29-15-17-32-18-16-29/h6,9,12,19-20H,4-5,7-8,10-11,13-18H2,1-3H3/b9-6-,24-20+. The molecule has 4 nitrogen and oxygen atoms in total. The number of rotatable bonds is 9. The van der Waals surface area contributed by atoms with Gasteiger partial charge in [0.25, 0.3) is 0 Å². The highest BCUT2D eigenvalue weighted by Crippen LogP contribution is 2.32. The third-order valence-corrected chi connectivity index (χ3v) is 7.89. The third kappa shape index (κ3) is 5.59. The third-order valence-electron chi connectivity index (χ3n) is 7.03. The summed E-state index contributed by atoms with van der Waals surface area (Å²) in [6, 6.07) is 2.12. The second-order valence-corrected chi connectivity index (χ2v) is 10.4. The van der Waals surface area contributed by atoms with Crippen LogP contribution in [0.1, 0.15) is 70.4 Å². The van der Waals surface area contributed by atoms with Gasteiger partial charge >= 0.3 is 0 Å². The maximum atomic E-state index is 14.0. The number of aromatic nitrogens is 1. The number of fused-ring (bicyclic) bond motifs is 1. The molecular weight excluding hydrogens is 428 g/mol. The average Bonchev–Trinajstić information content (AvgIpc) is 3.36. The van der Waals surface area contributed by atoms with Crippen LogP contribution in [0.25, 0.3) is 6.08 Å². The van der Waals surface area contributed by atoms with Crippen molar-refractivity contribution in [1.82, 2.24) is 9.47 Å². The number of Topliss-reactive ketones (excluding diaryl/α,β-unsaturated/α-hetero) is 1. The molecule has 0 unspecified atom stereocenters. The fraction of sp³-hybridized carbons (Fsp3) is 0.536. The molecule has 0 bridgehead atoms. The molecule has 0 radical (unpaired) electrons. The summed E-state index contributed by atoms with van der Waals surface area (Å²) in [5, 5.41) is 2.11. The summed E-state index contributed by atoms with van der Waals surface area (Å²) in [6.07, 6.45) is 12.9. The first-order chi connectivity index (χ1) is 16.1. The van der Waals surface area contributed by atoms with Crippen molar-refractivity contribution in [2.75, 3.05) is 32.8 Å². The fourth-order valence-corrected chi connectivity index (χ4v) is 5.79. The number of unbranched alkanes of at least 4 members (excludes halogenated alkanes) is 1. The van der Waals surface area contributed by atoms with Crippen molar-refractivity contribution in [1.29, 1.82) is 0 Å². The van der Waals surface area contributed by atoms with Crippen LogP contribution < -0.4 is 0 Å². The maximum absolute atomic E-state index is 14.0. The molecule has 0 spiro atoms. The van der Waals surface area contributed by atoms with E-state index >= 15 is 0 Å². The molecule has 1 aliphatic carbocycles. The lowest BCUT2D eigenvalue weighted by molar-refractivity contribution is 0.0362. The van der Waals surface area contributed by atoms with Gasteiger partial charge in [-0.25, -0.2) is 0 Å². The fourth-order valence-electron chi connectivity index (χ4n) is 5.11. The quantitative estimate of drug-likeness (QED) is 0.258. The summed E-state index contributed by atoms with van der Waals surface area (Å²) in [7, 11) is 0. The normalized spacial score (nSPS) is 17.6. The van der Waals surface area contributed by atoms with Gasteiger partial charge in [-0.15, -0.1) is 11.3 Å². The van der Waals surface area contributed by atoms with Gasteiger partial charge in [-0.05, 0) is 74.6 Å². The minimum atomic E-state index is 0.189. The molecular formula is C28H38N2O2S. The van der Waals surface area contributed by atoms with Crippen LogP contribution in [0.2, 0.25) is 0 Å². The van der Waals surface area contributed by atoms with Crippen LogP contribution in [-0.4, -0.2) is 48.1 Å². The molecule has 4 rings (SSSR count). The Morgan fingerprint density at radius 2 is 1.94 bits per heavy atom. The van der Waals surface area contributed by atoms with E-state index in [0.29, 0.717) is 0 Å². The molecule has 2 aromatic heterocycles. The molecule has 3 heterocycles. The number of carbonyl (C=O) groups excluding carboxylic acids is 1. The second kappa shape index (κ2) is 11.5. The van der Waals surface area contributed by atoms with E-state index in [2.05, 4.69) is 59.9 Å². The van der Waals surface area contributed by atoms with Gasteiger partial charge in [0.05, 0.1) is 13.2 Å². The number of ketones is 1. The van der Waals surface area contributed by atoms with Gasteiger partial charge in [-0.1, -0.05) is 25.5 Å². The number of morpholine rings is 1. The second-order valence-electron chi connectivity index (χ2n) is 9.25. The Hall–Kier alpha value is -1.95. The Kier molecular flexibility index (Phi) is 8.39. The molecule has 0 atom stereocenters. The van der Waals surface area contributed by atoms with E-state index in [1.807, 2.05) is 0 Å². The number of carbonyl (C=O) groups is 1. The van der Waals surface area contributed by atoms with Crippen LogP contribution in [0.3, 0.4) is 0 Å². The summed E-state index contributed by atoms with van der Waals surface area (Å²) in [5.74, 6) is 0.189. The largest absolute Gasteiger partial charge is 0.379 e. The van der Waals surface area contributed by atoms with E-state index in [-0.39, 0.29) is 5.78 Å². The van der Waals surface area contributed by atoms with Crippen molar-refractivity contribution in [3.05, 3.63) is 62.1 Å². The van der Waals surface area contributed by atoms with Gasteiger partial charge in [0, 0.05) is 53.6 Å². The number of hydrogen-bond acceptors (Lipinski definition) is 4. The summed E-state index contributed by atoms with van der Waals surface area (Å²) in [5.41, 5.74) is 6.79. The van der Waals surface area contributed by atoms with Crippen LogP contribution in [-0.2, 0) is 24.1 Å². The first-order valence-corrected chi connectivity index (χ1v) is 13.5. The van der Waals surface area contributed by atoms with E-state index in [1.54, 1.807) is 11.3 Å². The van der Waals surface area contributed by atoms with Gasteiger partial charge in [0.1, 0.15) is 0 Å². The van der Waals surface area contributed by atoms with Gasteiger partial charge in [0.2, 0.25) is 0 Å². The average molecular weight is 467 g/mol. The number of ether oxygens (including phenoxy) is 1. The van der Waals surface area contributed by atoms with E-state index < -0.39 is 0 Å². The first-order valence-electron chi connectivity index (χ1n) is 12.6. The smallest absolute Gasteiger partial charge is 0.195 e. The van der Waals surface area contributed by atoms with Gasteiger partial charge < -0.3 is 9.30 Å². The van der Waals surface area contributed by atoms with Crippen LogP contribution >= 0.6 is 11.3 Å². The molecule has 0 N–H and O–H groups in total. The number of hydrogen-bond donors (Lipinski definition) is 0. The van der Waals surface area contributed by atoms with Crippen LogP contribution in [0.15, 0.2) is 29.2 Å². The molecule has 33 heavy (non-hydrogen) atoms. The molecule has 178 valence electrons. The van der Waals surface area contributed by atoms with E-state index in [0.717, 1.165) is 87.5 Å². The predicted octanol–water partition coefficient (Wildman–Crippen LogP) is 6.00. The molecule has 1 saturated heterocycles. The van der Waals surface area contributed by atoms with E-state index in [1.165, 1.54) is 29.0 Å². The van der Waals surface area contributed by atoms with Crippen LogP contribution in [0.4, 0.5) is 0 Å². The Morgan fingerprint density at radius 3 is 2.67 bits per heavy atom. The van der Waals surface area contributed by atoms with Crippen molar-refractivity contribution >= 4 is 23.2 Å². The van der Waals surface area contributed by atoms with Crippen molar-refractivity contribution in [3.8, 4) is 0 Å². The van der Waals surface area contributed by atoms with Crippen molar-refractivity contribution in [2.45, 2.75) is 65.8 Å². The number of nitrogens with zero attached hydrogens (tertiary/aromatic N) is 2. The number of allylic oxidation sites excluding steroid dienone is 3. The molecule has 2 aliphatic rings. The van der Waals surface area contributed by atoms with E-state index in [9.17, 15) is 4.79 Å².